The van der Waals surface area contributed by atoms with E-state index in [1.165, 1.54) is 29.2 Å². The van der Waals surface area contributed by atoms with Crippen molar-refractivity contribution < 1.29 is 45.6 Å². The number of amides is 1. The molecule has 0 unspecified atom stereocenters. The van der Waals surface area contributed by atoms with Crippen LogP contribution in [0.25, 0.3) is 11.4 Å². The summed E-state index contributed by atoms with van der Waals surface area (Å²) in [6.45, 7) is 4.18. The summed E-state index contributed by atoms with van der Waals surface area (Å²) in [7, 11) is 0. The molecule has 0 saturated carbocycles. The van der Waals surface area contributed by atoms with E-state index in [2.05, 4.69) is 20.4 Å². The summed E-state index contributed by atoms with van der Waals surface area (Å²) in [4.78, 5) is 35.3. The van der Waals surface area contributed by atoms with Crippen LogP contribution in [0.2, 0.25) is 0 Å². The third kappa shape index (κ3) is 6.90. The summed E-state index contributed by atoms with van der Waals surface area (Å²) in [6, 6.07) is 7.48. The molecule has 3 heterocycles. The Kier molecular flexibility index (Phi) is 8.68. The molecule has 1 amide bonds. The van der Waals surface area contributed by atoms with Crippen LogP contribution in [0.3, 0.4) is 0 Å². The molecule has 1 aliphatic heterocycles. The van der Waals surface area contributed by atoms with Crippen molar-refractivity contribution in [3.05, 3.63) is 98.0 Å². The lowest BCUT2D eigenvalue weighted by molar-refractivity contribution is -0.700. The number of fused-ring (bicyclic) bond motifs is 1. The van der Waals surface area contributed by atoms with Gasteiger partial charge in [0.2, 0.25) is 0 Å². The molecule has 0 fully saturated rings. The summed E-state index contributed by atoms with van der Waals surface area (Å²) in [5, 5.41) is 22.3. The first-order chi connectivity index (χ1) is 20.1. The van der Waals surface area contributed by atoms with Crippen LogP contribution in [0.1, 0.15) is 38.6 Å². The number of carboxylic acid groups (broad SMARTS) is 1. The van der Waals surface area contributed by atoms with Gasteiger partial charge in [-0.25, -0.2) is 22.8 Å². The molecule has 0 aliphatic carbocycles. The molecule has 226 valence electrons. The highest BCUT2D eigenvalue weighted by Gasteiger charge is 2.32. The van der Waals surface area contributed by atoms with Crippen LogP contribution in [-0.4, -0.2) is 49.9 Å². The summed E-state index contributed by atoms with van der Waals surface area (Å²) in [5.74, 6) is -4.67. The van der Waals surface area contributed by atoms with E-state index in [4.69, 9.17) is 9.90 Å². The van der Waals surface area contributed by atoms with Gasteiger partial charge in [0.05, 0.1) is 29.9 Å². The number of H-pyrrole nitrogens is 2. The van der Waals surface area contributed by atoms with E-state index < -0.39 is 35.5 Å². The molecule has 4 aromatic rings. The fourth-order valence-electron chi connectivity index (χ4n) is 4.34. The van der Waals surface area contributed by atoms with Crippen molar-refractivity contribution in [3.8, 4) is 11.4 Å². The maximum absolute atomic E-state index is 14.7. The van der Waals surface area contributed by atoms with E-state index in [0.29, 0.717) is 41.4 Å². The Morgan fingerprint density at radius 2 is 1.65 bits per heavy atom. The lowest BCUT2D eigenvalue weighted by atomic mass is 10.0. The molecule has 43 heavy (non-hydrogen) atoms. The van der Waals surface area contributed by atoms with Crippen LogP contribution in [0.5, 0.6) is 0 Å². The highest BCUT2D eigenvalue weighted by molar-refractivity contribution is 5.94. The number of alkyl halides is 3. The number of halogens is 6. The number of aliphatic carboxylic acids is 1. The molecule has 2 aromatic carbocycles. The second-order valence-corrected chi connectivity index (χ2v) is 9.56. The molecule has 1 aliphatic rings. The van der Waals surface area contributed by atoms with Crippen LogP contribution in [0, 0.1) is 31.3 Å². The second-order valence-electron chi connectivity index (χ2n) is 9.56. The standard InChI is InChI=1S/C25H21F3N6O2.C2HF3O2/c1-13-14(2)24(35)32-29-21(13)8-15-3-4-20(28)19(7-15)25(36)33-5-6-34-22(12-33)30-31-23(34)16-9-17(26)11-18(27)10-16;3-2(4,5)1(6)7/h3-4,7,9-11H,5-6,8,12H2,1-2H3,(H,32,35);(H,6,7). The molecule has 16 heteroatoms. The third-order valence-corrected chi connectivity index (χ3v) is 6.71. The van der Waals surface area contributed by atoms with E-state index in [9.17, 15) is 35.9 Å². The largest absolute Gasteiger partial charge is 0.542 e. The van der Waals surface area contributed by atoms with E-state index >= 15 is 0 Å². The number of hydrogen-bond donors (Lipinski definition) is 2. The van der Waals surface area contributed by atoms with Gasteiger partial charge in [-0.15, -0.1) is 5.10 Å². The van der Waals surface area contributed by atoms with Crippen molar-refractivity contribution >= 4 is 11.9 Å². The molecule has 0 radical (unpaired) electrons. The first kappa shape index (κ1) is 30.9. The van der Waals surface area contributed by atoms with Crippen molar-refractivity contribution in [2.45, 2.75) is 39.5 Å². The number of hydrogen-bond acceptors (Lipinski definition) is 6. The molecule has 5 rings (SSSR count). The number of nitrogens with zero attached hydrogens (tertiary/aromatic N) is 4. The molecule has 2 N–H and O–H groups in total. The molecule has 2 aromatic heterocycles. The average molecular weight is 608 g/mol. The molecule has 0 bridgehead atoms. The van der Waals surface area contributed by atoms with Gasteiger partial charge in [0.15, 0.2) is 0 Å². The molecular weight excluding hydrogens is 586 g/mol. The van der Waals surface area contributed by atoms with Gasteiger partial charge >= 0.3 is 12.0 Å². The van der Waals surface area contributed by atoms with Gasteiger partial charge < -0.3 is 14.8 Å². The SMILES string of the molecule is Cc1c(Cc2ccc(F)c(C(=O)N3CC[n+]4c(-c5cc(F)cc(F)c5)n[nH]c4C3)c2)n[nH]c(=O)c1C.O=C([O-])C(F)(F)F. The molecule has 0 spiro atoms. The van der Waals surface area contributed by atoms with Gasteiger partial charge in [-0.2, -0.15) is 18.3 Å². The minimum absolute atomic E-state index is 0.0771. The fourth-order valence-corrected chi connectivity index (χ4v) is 4.34. The van der Waals surface area contributed by atoms with Crippen molar-refractivity contribution in [2.24, 2.45) is 0 Å². The quantitative estimate of drug-likeness (QED) is 0.269. The van der Waals surface area contributed by atoms with Crippen LogP contribution < -0.4 is 15.2 Å². The Hall–Kier alpha value is -5.02. The minimum Gasteiger partial charge on any atom is -0.542 e. The average Bonchev–Trinajstić information content (AvgIpc) is 3.37. The minimum atomic E-state index is -5.19. The third-order valence-electron chi connectivity index (χ3n) is 6.71. The Morgan fingerprint density at radius 1 is 1.00 bits per heavy atom. The molecule has 10 nitrogen and oxygen atoms in total. The van der Waals surface area contributed by atoms with E-state index in [0.717, 1.165) is 11.6 Å². The lowest BCUT2D eigenvalue weighted by Crippen LogP contribution is -2.52. The van der Waals surface area contributed by atoms with Crippen LogP contribution >= 0.6 is 0 Å². The number of nitrogens with one attached hydrogen (secondary N) is 2. The highest BCUT2D eigenvalue weighted by Crippen LogP contribution is 2.21. The molecular formula is C27H22F6N6O4. The van der Waals surface area contributed by atoms with Gasteiger partial charge in [-0.3, -0.25) is 9.59 Å². The number of aromatic amines is 2. The van der Waals surface area contributed by atoms with Crippen molar-refractivity contribution in [1.82, 2.24) is 25.3 Å². The summed E-state index contributed by atoms with van der Waals surface area (Å²) >= 11 is 0. The number of carbonyl (C=O) groups excluding carboxylic acids is 2. The normalized spacial score (nSPS) is 12.8. The van der Waals surface area contributed by atoms with Crippen LogP contribution in [0.4, 0.5) is 26.3 Å². The second kappa shape index (κ2) is 12.1. The van der Waals surface area contributed by atoms with Crippen molar-refractivity contribution in [1.29, 1.82) is 0 Å². The Balaban J connectivity index is 0.000000541. The Bertz CT molecular complexity index is 1750. The Morgan fingerprint density at radius 3 is 2.28 bits per heavy atom. The number of carboxylic acids is 1. The summed E-state index contributed by atoms with van der Waals surface area (Å²) in [5.41, 5.74) is 2.53. The maximum Gasteiger partial charge on any atom is 0.430 e. The number of aromatic nitrogens is 5. The van der Waals surface area contributed by atoms with Gasteiger partial charge in [0.25, 0.3) is 17.3 Å². The zero-order valence-corrected chi connectivity index (χ0v) is 22.5. The van der Waals surface area contributed by atoms with E-state index in [1.807, 2.05) is 0 Å². The van der Waals surface area contributed by atoms with Gasteiger partial charge in [0, 0.05) is 23.1 Å². The zero-order chi connectivity index (χ0) is 31.6. The number of benzene rings is 2. The first-order valence-corrected chi connectivity index (χ1v) is 12.5. The van der Waals surface area contributed by atoms with E-state index in [1.54, 1.807) is 24.5 Å². The Labute approximate surface area is 238 Å². The fraction of sp³-hybridized carbons (Fsp3) is 0.259. The topological polar surface area (TPSA) is 139 Å². The predicted octanol–water partition coefficient (Wildman–Crippen LogP) is 2.03. The van der Waals surface area contributed by atoms with Crippen molar-refractivity contribution in [3.63, 3.8) is 0 Å². The number of rotatable bonds is 4. The highest BCUT2D eigenvalue weighted by atomic mass is 19.4. The zero-order valence-electron chi connectivity index (χ0n) is 22.5. The molecule has 0 atom stereocenters. The molecule has 0 saturated heterocycles. The number of carbonyl (C=O) groups is 2. The van der Waals surface area contributed by atoms with Crippen LogP contribution in [0.15, 0.2) is 41.2 Å². The first-order valence-electron chi connectivity index (χ1n) is 12.5. The van der Waals surface area contributed by atoms with Gasteiger partial charge in [0.1, 0.15) is 30.0 Å². The van der Waals surface area contributed by atoms with E-state index in [-0.39, 0.29) is 29.8 Å². The maximum atomic E-state index is 14.7. The van der Waals surface area contributed by atoms with Crippen molar-refractivity contribution in [2.75, 3.05) is 6.54 Å². The predicted molar refractivity (Wildman–Crippen MR) is 133 cm³/mol. The smallest absolute Gasteiger partial charge is 0.430 e. The van der Waals surface area contributed by atoms with Crippen LogP contribution in [-0.2, 0) is 24.3 Å². The van der Waals surface area contributed by atoms with Gasteiger partial charge in [-0.05, 0) is 49.2 Å². The van der Waals surface area contributed by atoms with Gasteiger partial charge in [-0.1, -0.05) is 6.07 Å². The summed E-state index contributed by atoms with van der Waals surface area (Å²) < 4.78 is 75.4. The lowest BCUT2D eigenvalue weighted by Gasteiger charge is -2.25. The summed E-state index contributed by atoms with van der Waals surface area (Å²) in [6.07, 6.45) is -4.88. The monoisotopic (exact) mass is 608 g/mol.